The van der Waals surface area contributed by atoms with Crippen LogP contribution >= 0.6 is 11.3 Å². The fraction of sp³-hybridized carbons (Fsp3) is 0.600. The molecule has 0 aliphatic rings. The molecule has 0 fully saturated rings. The lowest BCUT2D eigenvalue weighted by molar-refractivity contribution is -0.157. The predicted octanol–water partition coefficient (Wildman–Crippen LogP) is 2.43. The highest BCUT2D eigenvalue weighted by molar-refractivity contribution is 7.10. The van der Waals surface area contributed by atoms with Gasteiger partial charge < -0.3 is 15.5 Å². The highest BCUT2D eigenvalue weighted by Gasteiger charge is 2.31. The third-order valence-electron chi connectivity index (χ3n) is 3.16. The Morgan fingerprint density at radius 1 is 1.42 bits per heavy atom. The summed E-state index contributed by atoms with van der Waals surface area (Å²) in [5, 5.41) is 8.08. The van der Waals surface area contributed by atoms with Gasteiger partial charge in [0.25, 0.3) is 0 Å². The molecule has 1 atom stereocenters. The third kappa shape index (κ3) is 7.67. The van der Waals surface area contributed by atoms with Crippen molar-refractivity contribution in [2.45, 2.75) is 25.9 Å². The number of alkyl halides is 3. The largest absolute Gasteiger partial charge is 0.406 e. The maximum absolute atomic E-state index is 12.3. The van der Waals surface area contributed by atoms with Crippen LogP contribution in [0.1, 0.15) is 24.6 Å². The second-order valence-electron chi connectivity index (χ2n) is 5.36. The van der Waals surface area contributed by atoms with Crippen molar-refractivity contribution in [2.75, 3.05) is 33.2 Å². The SMILES string of the molecule is CCNC(=NCC(=O)N(C)CC(F)(F)F)NCC(C)c1cccs1. The van der Waals surface area contributed by atoms with Gasteiger partial charge in [0.05, 0.1) is 0 Å². The van der Waals surface area contributed by atoms with E-state index in [0.717, 1.165) is 7.05 Å². The van der Waals surface area contributed by atoms with Gasteiger partial charge >= 0.3 is 6.18 Å². The van der Waals surface area contributed by atoms with Gasteiger partial charge in [0.2, 0.25) is 5.91 Å². The summed E-state index contributed by atoms with van der Waals surface area (Å²) in [5.74, 6) is -0.0111. The van der Waals surface area contributed by atoms with Crippen LogP contribution in [-0.4, -0.2) is 56.2 Å². The van der Waals surface area contributed by atoms with Gasteiger partial charge in [-0.15, -0.1) is 11.3 Å². The quantitative estimate of drug-likeness (QED) is 0.577. The molecule has 0 aliphatic heterocycles. The summed E-state index contributed by atoms with van der Waals surface area (Å²) in [7, 11) is 1.12. The Labute approximate surface area is 143 Å². The van der Waals surface area contributed by atoms with E-state index in [4.69, 9.17) is 0 Å². The number of rotatable bonds is 7. The molecule has 1 amide bonds. The van der Waals surface area contributed by atoms with Gasteiger partial charge in [0.15, 0.2) is 5.96 Å². The first-order valence-corrected chi connectivity index (χ1v) is 8.47. The van der Waals surface area contributed by atoms with Crippen molar-refractivity contribution < 1.29 is 18.0 Å². The number of likely N-dealkylation sites (N-methyl/N-ethyl adjacent to an activating group) is 1. The van der Waals surface area contributed by atoms with Gasteiger partial charge in [-0.25, -0.2) is 4.99 Å². The summed E-state index contributed by atoms with van der Waals surface area (Å²) < 4.78 is 36.8. The fourth-order valence-electron chi connectivity index (χ4n) is 1.89. The number of nitrogens with one attached hydrogen (secondary N) is 2. The van der Waals surface area contributed by atoms with Crippen LogP contribution in [0.25, 0.3) is 0 Å². The number of halogens is 3. The highest BCUT2D eigenvalue weighted by Crippen LogP contribution is 2.19. The topological polar surface area (TPSA) is 56.7 Å². The molecule has 1 aromatic rings. The molecule has 136 valence electrons. The molecule has 0 radical (unpaired) electrons. The van der Waals surface area contributed by atoms with Gasteiger partial charge in [-0.3, -0.25) is 4.79 Å². The molecule has 0 saturated heterocycles. The first-order chi connectivity index (χ1) is 11.2. The number of aliphatic imine (C=N–C) groups is 1. The van der Waals surface area contributed by atoms with Crippen LogP contribution in [0.15, 0.2) is 22.5 Å². The van der Waals surface area contributed by atoms with Crippen LogP contribution in [0.5, 0.6) is 0 Å². The molecule has 0 aromatic carbocycles. The van der Waals surface area contributed by atoms with Crippen molar-refractivity contribution in [3.05, 3.63) is 22.4 Å². The summed E-state index contributed by atoms with van der Waals surface area (Å²) >= 11 is 1.66. The zero-order chi connectivity index (χ0) is 18.2. The minimum Gasteiger partial charge on any atom is -0.357 e. The Bertz CT molecular complexity index is 531. The molecule has 0 aliphatic carbocycles. The lowest BCUT2D eigenvalue weighted by Crippen LogP contribution is -2.41. The van der Waals surface area contributed by atoms with E-state index in [1.807, 2.05) is 24.4 Å². The summed E-state index contributed by atoms with van der Waals surface area (Å²) in [6, 6.07) is 4.02. The van der Waals surface area contributed by atoms with Gasteiger partial charge in [-0.1, -0.05) is 13.0 Å². The molecule has 9 heteroatoms. The van der Waals surface area contributed by atoms with Crippen LogP contribution in [0.2, 0.25) is 0 Å². The van der Waals surface area contributed by atoms with Gasteiger partial charge in [-0.2, -0.15) is 13.2 Å². The Morgan fingerprint density at radius 3 is 2.67 bits per heavy atom. The van der Waals surface area contributed by atoms with Crippen LogP contribution in [0.3, 0.4) is 0 Å². The maximum Gasteiger partial charge on any atom is 0.406 e. The van der Waals surface area contributed by atoms with Crippen molar-refractivity contribution in [2.24, 2.45) is 4.99 Å². The summed E-state index contributed by atoms with van der Waals surface area (Å²) in [6.45, 7) is 3.52. The minimum absolute atomic E-state index is 0.262. The number of hydrogen-bond donors (Lipinski definition) is 2. The molecule has 0 bridgehead atoms. The Kier molecular flexibility index (Phi) is 8.03. The van der Waals surface area contributed by atoms with E-state index in [-0.39, 0.29) is 12.5 Å². The molecule has 5 nitrogen and oxygen atoms in total. The number of thiophene rings is 1. The second-order valence-corrected chi connectivity index (χ2v) is 6.34. The van der Waals surface area contributed by atoms with Crippen LogP contribution in [0, 0.1) is 0 Å². The summed E-state index contributed by atoms with van der Waals surface area (Å²) in [5.41, 5.74) is 0. The third-order valence-corrected chi connectivity index (χ3v) is 4.27. The zero-order valence-corrected chi connectivity index (χ0v) is 14.8. The number of hydrogen-bond acceptors (Lipinski definition) is 3. The number of nitrogens with zero attached hydrogens (tertiary/aromatic N) is 2. The van der Waals surface area contributed by atoms with E-state index < -0.39 is 18.6 Å². The van der Waals surface area contributed by atoms with Crippen molar-refractivity contribution in [3.8, 4) is 0 Å². The average Bonchev–Trinajstić information content (AvgIpc) is 3.02. The van der Waals surface area contributed by atoms with Crippen molar-refractivity contribution in [3.63, 3.8) is 0 Å². The molecular weight excluding hydrogens is 341 g/mol. The first-order valence-electron chi connectivity index (χ1n) is 7.59. The highest BCUT2D eigenvalue weighted by atomic mass is 32.1. The molecule has 0 spiro atoms. The zero-order valence-electron chi connectivity index (χ0n) is 14.0. The van der Waals surface area contributed by atoms with Gasteiger partial charge in [0, 0.05) is 30.9 Å². The van der Waals surface area contributed by atoms with Crippen molar-refractivity contribution in [1.82, 2.24) is 15.5 Å². The molecule has 1 heterocycles. The average molecular weight is 364 g/mol. The molecular formula is C15H23F3N4OS. The normalized spacial score (nSPS) is 13.5. The fourth-order valence-corrected chi connectivity index (χ4v) is 2.68. The molecule has 2 N–H and O–H groups in total. The van der Waals surface area contributed by atoms with Gasteiger partial charge in [0.1, 0.15) is 13.1 Å². The Morgan fingerprint density at radius 2 is 2.12 bits per heavy atom. The molecule has 24 heavy (non-hydrogen) atoms. The number of amides is 1. The van der Waals surface area contributed by atoms with E-state index in [9.17, 15) is 18.0 Å². The van der Waals surface area contributed by atoms with E-state index in [1.165, 1.54) is 4.88 Å². The molecule has 0 saturated carbocycles. The predicted molar refractivity (Wildman–Crippen MR) is 90.4 cm³/mol. The van der Waals surface area contributed by atoms with Crippen LogP contribution in [0.4, 0.5) is 13.2 Å². The van der Waals surface area contributed by atoms with E-state index >= 15 is 0 Å². The number of guanidine groups is 1. The number of carbonyl (C=O) groups excluding carboxylic acids is 1. The van der Waals surface area contributed by atoms with Gasteiger partial charge in [-0.05, 0) is 18.4 Å². The number of carbonyl (C=O) groups is 1. The monoisotopic (exact) mass is 364 g/mol. The minimum atomic E-state index is -4.41. The Hall–Kier alpha value is -1.77. The Balaban J connectivity index is 2.54. The summed E-state index contributed by atoms with van der Waals surface area (Å²) in [4.78, 5) is 17.6. The standard InChI is InChI=1S/C15H23F3N4OS/c1-4-19-14(20-8-11(2)12-6-5-7-24-12)21-9-13(23)22(3)10-15(16,17)18/h5-7,11H,4,8-10H2,1-3H3,(H2,19,20,21). The van der Waals surface area contributed by atoms with Crippen LogP contribution < -0.4 is 10.6 Å². The van der Waals surface area contributed by atoms with E-state index in [2.05, 4.69) is 22.5 Å². The lowest BCUT2D eigenvalue weighted by Gasteiger charge is -2.19. The van der Waals surface area contributed by atoms with Crippen LogP contribution in [-0.2, 0) is 4.79 Å². The molecule has 1 aromatic heterocycles. The van der Waals surface area contributed by atoms with Crippen molar-refractivity contribution >= 4 is 23.2 Å². The first kappa shape index (κ1) is 20.3. The smallest absolute Gasteiger partial charge is 0.357 e. The van der Waals surface area contributed by atoms with Crippen molar-refractivity contribution in [1.29, 1.82) is 0 Å². The maximum atomic E-state index is 12.3. The molecule has 1 unspecified atom stereocenters. The molecule has 1 rings (SSSR count). The van der Waals surface area contributed by atoms with E-state index in [0.29, 0.717) is 23.9 Å². The summed E-state index contributed by atoms with van der Waals surface area (Å²) in [6.07, 6.45) is -4.41. The second kappa shape index (κ2) is 9.51. The van der Waals surface area contributed by atoms with E-state index in [1.54, 1.807) is 11.3 Å². The lowest BCUT2D eigenvalue weighted by atomic mass is 10.1.